The van der Waals surface area contributed by atoms with Gasteiger partial charge in [0.15, 0.2) is 0 Å². The molecule has 0 fully saturated rings. The normalized spacial score (nSPS) is 12.6. The summed E-state index contributed by atoms with van der Waals surface area (Å²) in [4.78, 5) is 5.14. The van der Waals surface area contributed by atoms with Crippen LogP contribution in [0, 0.1) is 5.82 Å². The summed E-state index contributed by atoms with van der Waals surface area (Å²) in [5.74, 6) is 0.250. The third-order valence-electron chi connectivity index (χ3n) is 2.46. The Morgan fingerprint density at radius 1 is 1.38 bits per heavy atom. The van der Waals surface area contributed by atoms with Crippen molar-refractivity contribution in [2.45, 2.75) is 12.3 Å². The first-order valence-electron chi connectivity index (χ1n) is 4.99. The van der Waals surface area contributed by atoms with Crippen molar-refractivity contribution in [1.29, 1.82) is 0 Å². The van der Waals surface area contributed by atoms with Crippen molar-refractivity contribution < 1.29 is 4.39 Å². The van der Waals surface area contributed by atoms with Crippen LogP contribution in [0.15, 0.2) is 36.0 Å². The Hall–Kier alpha value is -0.930. The largest absolute Gasteiger partial charge is 0.253 e. The van der Waals surface area contributed by atoms with E-state index >= 15 is 0 Å². The number of aromatic nitrogens is 1. The van der Waals surface area contributed by atoms with Gasteiger partial charge in [-0.1, -0.05) is 18.2 Å². The summed E-state index contributed by atoms with van der Waals surface area (Å²) in [5, 5.41) is 0. The lowest BCUT2D eigenvalue weighted by molar-refractivity contribution is 0.590. The van der Waals surface area contributed by atoms with Gasteiger partial charge in [0.1, 0.15) is 5.82 Å². The van der Waals surface area contributed by atoms with E-state index in [0.717, 1.165) is 11.3 Å². The maximum absolute atomic E-state index is 13.6. The van der Waals surface area contributed by atoms with E-state index < -0.39 is 0 Å². The van der Waals surface area contributed by atoms with Gasteiger partial charge in [-0.05, 0) is 18.1 Å². The van der Waals surface area contributed by atoms with Crippen molar-refractivity contribution in [3.8, 4) is 0 Å². The van der Waals surface area contributed by atoms with Gasteiger partial charge in [-0.25, -0.2) is 4.39 Å². The molecule has 16 heavy (non-hydrogen) atoms. The number of rotatable bonds is 4. The first-order chi connectivity index (χ1) is 7.81. The van der Waals surface area contributed by atoms with Crippen molar-refractivity contribution in [3.05, 3.63) is 52.2 Å². The van der Waals surface area contributed by atoms with Crippen molar-refractivity contribution in [1.82, 2.24) is 4.98 Å². The molecule has 0 spiro atoms. The zero-order valence-electron chi connectivity index (χ0n) is 8.57. The minimum absolute atomic E-state index is 0.0170. The van der Waals surface area contributed by atoms with E-state index in [1.807, 2.05) is 12.3 Å². The molecule has 84 valence electrons. The van der Waals surface area contributed by atoms with Crippen molar-refractivity contribution in [2.24, 2.45) is 0 Å². The lowest BCUT2D eigenvalue weighted by atomic mass is 9.96. The minimum atomic E-state index is -0.183. The fourth-order valence-electron chi connectivity index (χ4n) is 1.64. The molecule has 0 amide bonds. The molecule has 1 aromatic carbocycles. The average Bonchev–Trinajstić information content (AvgIpc) is 2.80. The Morgan fingerprint density at radius 2 is 2.19 bits per heavy atom. The Bertz CT molecular complexity index is 444. The fraction of sp³-hybridized carbons (Fsp3) is 0.250. The van der Waals surface area contributed by atoms with Crippen LogP contribution in [-0.2, 0) is 6.42 Å². The summed E-state index contributed by atoms with van der Waals surface area (Å²) < 4.78 is 13.6. The second-order valence-corrected chi connectivity index (χ2v) is 4.82. The third-order valence-corrected chi connectivity index (χ3v) is 3.64. The minimum Gasteiger partial charge on any atom is -0.253 e. The molecule has 0 aliphatic heterocycles. The van der Waals surface area contributed by atoms with Gasteiger partial charge in [0.25, 0.3) is 0 Å². The van der Waals surface area contributed by atoms with E-state index in [0.29, 0.717) is 11.4 Å². The highest BCUT2D eigenvalue weighted by Gasteiger charge is 2.15. The van der Waals surface area contributed by atoms with Gasteiger partial charge >= 0.3 is 0 Å². The van der Waals surface area contributed by atoms with E-state index in [4.69, 9.17) is 11.6 Å². The molecule has 0 N–H and O–H groups in total. The maximum atomic E-state index is 13.6. The highest BCUT2D eigenvalue weighted by atomic mass is 35.5. The van der Waals surface area contributed by atoms with Gasteiger partial charge in [-0.3, -0.25) is 4.98 Å². The maximum Gasteiger partial charge on any atom is 0.126 e. The molecule has 1 nitrogen and oxygen atoms in total. The van der Waals surface area contributed by atoms with E-state index in [2.05, 4.69) is 4.98 Å². The highest BCUT2D eigenvalue weighted by Crippen LogP contribution is 2.25. The molecule has 1 heterocycles. The van der Waals surface area contributed by atoms with E-state index in [1.54, 1.807) is 29.0 Å². The molecule has 0 saturated heterocycles. The fourth-order valence-corrected chi connectivity index (χ4v) is 2.59. The summed E-state index contributed by atoms with van der Waals surface area (Å²) >= 11 is 7.48. The van der Waals surface area contributed by atoms with E-state index in [1.165, 1.54) is 6.07 Å². The van der Waals surface area contributed by atoms with Gasteiger partial charge in [-0.2, -0.15) is 0 Å². The highest BCUT2D eigenvalue weighted by molar-refractivity contribution is 7.09. The van der Waals surface area contributed by atoms with E-state index in [-0.39, 0.29) is 11.7 Å². The topological polar surface area (TPSA) is 12.9 Å². The van der Waals surface area contributed by atoms with Gasteiger partial charge in [-0.15, -0.1) is 22.9 Å². The number of hydrogen-bond acceptors (Lipinski definition) is 2. The zero-order chi connectivity index (χ0) is 11.4. The molecule has 1 unspecified atom stereocenters. The SMILES string of the molecule is Fc1ccccc1C(CCl)Cc1cncs1. The van der Waals surface area contributed by atoms with E-state index in [9.17, 15) is 4.39 Å². The summed E-state index contributed by atoms with van der Waals surface area (Å²) in [7, 11) is 0. The molecule has 4 heteroatoms. The van der Waals surface area contributed by atoms with Crippen molar-refractivity contribution in [3.63, 3.8) is 0 Å². The summed E-state index contributed by atoms with van der Waals surface area (Å²) in [5.41, 5.74) is 2.47. The molecule has 2 rings (SSSR count). The van der Waals surface area contributed by atoms with Crippen LogP contribution < -0.4 is 0 Å². The average molecular weight is 256 g/mol. The molecule has 0 radical (unpaired) electrons. The standard InChI is InChI=1S/C12H11ClFNS/c13-6-9(5-10-7-15-8-16-10)11-3-1-2-4-12(11)14/h1-4,7-9H,5-6H2. The Kier molecular flexibility index (Phi) is 3.91. The Balaban J connectivity index is 2.20. The third kappa shape index (κ3) is 2.60. The Morgan fingerprint density at radius 3 is 2.81 bits per heavy atom. The predicted molar refractivity (Wildman–Crippen MR) is 65.7 cm³/mol. The molecule has 0 aliphatic rings. The Labute approximate surface area is 103 Å². The monoisotopic (exact) mass is 255 g/mol. The van der Waals surface area contributed by atoms with Gasteiger partial charge in [0.2, 0.25) is 0 Å². The van der Waals surface area contributed by atoms with Crippen LogP contribution in [-0.4, -0.2) is 10.9 Å². The van der Waals surface area contributed by atoms with Crippen molar-refractivity contribution in [2.75, 3.05) is 5.88 Å². The van der Waals surface area contributed by atoms with Crippen LogP contribution in [0.1, 0.15) is 16.4 Å². The zero-order valence-corrected chi connectivity index (χ0v) is 10.1. The van der Waals surface area contributed by atoms with Crippen LogP contribution in [0.5, 0.6) is 0 Å². The van der Waals surface area contributed by atoms with Gasteiger partial charge < -0.3 is 0 Å². The molecular formula is C12H11ClFNS. The quantitative estimate of drug-likeness (QED) is 0.757. The molecule has 2 aromatic rings. The first-order valence-corrected chi connectivity index (χ1v) is 6.40. The second-order valence-electron chi connectivity index (χ2n) is 3.54. The lowest BCUT2D eigenvalue weighted by Gasteiger charge is -2.13. The number of hydrogen-bond donors (Lipinski definition) is 0. The van der Waals surface area contributed by atoms with Crippen LogP contribution in [0.4, 0.5) is 4.39 Å². The molecule has 0 saturated carbocycles. The molecular weight excluding hydrogens is 245 g/mol. The van der Waals surface area contributed by atoms with Crippen LogP contribution in [0.25, 0.3) is 0 Å². The number of nitrogens with zero attached hydrogens (tertiary/aromatic N) is 1. The number of halogens is 2. The summed E-state index contributed by atoms with van der Waals surface area (Å²) in [6.45, 7) is 0. The molecule has 0 aliphatic carbocycles. The van der Waals surface area contributed by atoms with Crippen LogP contribution in [0.2, 0.25) is 0 Å². The molecule has 1 atom stereocenters. The predicted octanol–water partition coefficient (Wildman–Crippen LogP) is 3.85. The van der Waals surface area contributed by atoms with Crippen molar-refractivity contribution >= 4 is 22.9 Å². The molecule has 1 aromatic heterocycles. The molecule has 0 bridgehead atoms. The number of alkyl halides is 1. The summed E-state index contributed by atoms with van der Waals surface area (Å²) in [6.07, 6.45) is 2.56. The van der Waals surface area contributed by atoms with Crippen LogP contribution >= 0.6 is 22.9 Å². The van der Waals surface area contributed by atoms with Crippen LogP contribution in [0.3, 0.4) is 0 Å². The second kappa shape index (κ2) is 5.41. The van der Waals surface area contributed by atoms with Gasteiger partial charge in [0, 0.05) is 22.9 Å². The summed E-state index contributed by atoms with van der Waals surface area (Å²) in [6, 6.07) is 6.80. The first kappa shape index (κ1) is 11.6. The number of thiazole rings is 1. The lowest BCUT2D eigenvalue weighted by Crippen LogP contribution is -2.06. The smallest absolute Gasteiger partial charge is 0.126 e. The number of benzene rings is 1. The van der Waals surface area contributed by atoms with Gasteiger partial charge in [0.05, 0.1) is 5.51 Å².